The Morgan fingerprint density at radius 1 is 1.33 bits per heavy atom. The standard InChI is InChI=1S/C14H21NO5S/c1-20-10-5-11-21(18,19)15-13(8-9-14(16)17)12-6-3-2-4-7-12/h2-4,6-7,13,15H,5,8-11H2,1H3,(H,16,17). The Balaban J connectivity index is 2.75. The summed E-state index contributed by atoms with van der Waals surface area (Å²) >= 11 is 0. The first kappa shape index (κ1) is 17.6. The predicted molar refractivity (Wildman–Crippen MR) is 79.5 cm³/mol. The minimum Gasteiger partial charge on any atom is -0.481 e. The third-order valence-corrected chi connectivity index (χ3v) is 4.40. The van der Waals surface area contributed by atoms with Gasteiger partial charge in [0.1, 0.15) is 0 Å². The van der Waals surface area contributed by atoms with E-state index in [0.717, 1.165) is 5.56 Å². The number of nitrogens with one attached hydrogen (secondary N) is 1. The molecule has 0 fully saturated rings. The summed E-state index contributed by atoms with van der Waals surface area (Å²) in [6.45, 7) is 0.367. The minimum atomic E-state index is -3.47. The number of methoxy groups -OCH3 is 1. The average Bonchev–Trinajstić information content (AvgIpc) is 2.44. The molecule has 1 aromatic rings. The first-order valence-corrected chi connectivity index (χ1v) is 8.35. The van der Waals surface area contributed by atoms with Gasteiger partial charge in [-0.15, -0.1) is 0 Å². The topological polar surface area (TPSA) is 92.7 Å². The summed E-state index contributed by atoms with van der Waals surface area (Å²) in [6, 6.07) is 8.44. The number of carboxylic acids is 1. The minimum absolute atomic E-state index is 0.0444. The van der Waals surface area contributed by atoms with Gasteiger partial charge >= 0.3 is 5.97 Å². The molecule has 0 heterocycles. The maximum absolute atomic E-state index is 12.0. The van der Waals surface area contributed by atoms with E-state index in [4.69, 9.17) is 9.84 Å². The van der Waals surface area contributed by atoms with Crippen LogP contribution in [0.1, 0.15) is 30.9 Å². The predicted octanol–water partition coefficient (Wildman–Crippen LogP) is 1.55. The summed E-state index contributed by atoms with van der Waals surface area (Å²) in [5.74, 6) is -0.994. The van der Waals surface area contributed by atoms with E-state index in [1.807, 2.05) is 6.07 Å². The number of rotatable bonds is 10. The maximum atomic E-state index is 12.0. The van der Waals surface area contributed by atoms with Crippen molar-refractivity contribution in [1.82, 2.24) is 4.72 Å². The smallest absolute Gasteiger partial charge is 0.303 e. The van der Waals surface area contributed by atoms with Gasteiger partial charge in [-0.1, -0.05) is 30.3 Å². The molecule has 0 aliphatic carbocycles. The van der Waals surface area contributed by atoms with Crippen LogP contribution in [0.4, 0.5) is 0 Å². The summed E-state index contributed by atoms with van der Waals surface area (Å²) in [7, 11) is -1.96. The van der Waals surface area contributed by atoms with Gasteiger partial charge in [-0.25, -0.2) is 13.1 Å². The van der Waals surface area contributed by atoms with Crippen LogP contribution >= 0.6 is 0 Å². The lowest BCUT2D eigenvalue weighted by Gasteiger charge is -2.18. The zero-order valence-corrected chi connectivity index (χ0v) is 12.8. The molecule has 6 nitrogen and oxygen atoms in total. The maximum Gasteiger partial charge on any atom is 0.303 e. The Morgan fingerprint density at radius 2 is 2.00 bits per heavy atom. The first-order chi connectivity index (χ1) is 9.94. The lowest BCUT2D eigenvalue weighted by Crippen LogP contribution is -2.31. The van der Waals surface area contributed by atoms with Crippen LogP contribution in [-0.4, -0.2) is 39.0 Å². The molecule has 118 valence electrons. The molecule has 0 radical (unpaired) electrons. The number of aliphatic carboxylic acids is 1. The fraction of sp³-hybridized carbons (Fsp3) is 0.500. The van der Waals surface area contributed by atoms with Crippen molar-refractivity contribution in [3.8, 4) is 0 Å². The summed E-state index contributed by atoms with van der Waals surface area (Å²) in [5.41, 5.74) is 0.758. The van der Waals surface area contributed by atoms with Crippen molar-refractivity contribution in [2.24, 2.45) is 0 Å². The Hall–Kier alpha value is -1.44. The molecule has 0 saturated heterocycles. The third-order valence-electron chi connectivity index (χ3n) is 2.93. The fourth-order valence-corrected chi connectivity index (χ4v) is 3.22. The van der Waals surface area contributed by atoms with E-state index in [0.29, 0.717) is 13.0 Å². The second-order valence-corrected chi connectivity index (χ2v) is 6.55. The van der Waals surface area contributed by atoms with Crippen molar-refractivity contribution >= 4 is 16.0 Å². The number of hydrogen-bond acceptors (Lipinski definition) is 4. The second kappa shape index (κ2) is 8.76. The molecular formula is C14H21NO5S. The molecule has 0 aliphatic heterocycles. The van der Waals surface area contributed by atoms with Crippen LogP contribution in [0.25, 0.3) is 0 Å². The van der Waals surface area contributed by atoms with Gasteiger partial charge in [0.05, 0.1) is 5.75 Å². The van der Waals surface area contributed by atoms with Crippen molar-refractivity contribution < 1.29 is 23.1 Å². The van der Waals surface area contributed by atoms with E-state index in [-0.39, 0.29) is 18.6 Å². The lowest BCUT2D eigenvalue weighted by molar-refractivity contribution is -0.137. The SMILES string of the molecule is COCCCS(=O)(=O)NC(CCC(=O)O)c1ccccc1. The molecule has 2 N–H and O–H groups in total. The molecular weight excluding hydrogens is 294 g/mol. The monoisotopic (exact) mass is 315 g/mol. The highest BCUT2D eigenvalue weighted by atomic mass is 32.2. The molecule has 0 bridgehead atoms. The molecule has 0 amide bonds. The summed E-state index contributed by atoms with van der Waals surface area (Å²) in [5, 5.41) is 8.79. The van der Waals surface area contributed by atoms with Crippen molar-refractivity contribution in [3.63, 3.8) is 0 Å². The fourth-order valence-electron chi connectivity index (χ4n) is 1.92. The summed E-state index contributed by atoms with van der Waals surface area (Å²) < 4.78 is 31.5. The van der Waals surface area contributed by atoms with E-state index >= 15 is 0 Å². The Bertz CT molecular complexity index is 530. The molecule has 0 spiro atoms. The number of hydrogen-bond donors (Lipinski definition) is 2. The van der Waals surface area contributed by atoms with Crippen molar-refractivity contribution in [2.45, 2.75) is 25.3 Å². The summed E-state index contributed by atoms with van der Waals surface area (Å²) in [6.07, 6.45) is 0.509. The van der Waals surface area contributed by atoms with Crippen molar-refractivity contribution in [1.29, 1.82) is 0 Å². The number of sulfonamides is 1. The quantitative estimate of drug-likeness (QED) is 0.639. The molecule has 0 aliphatic rings. The largest absolute Gasteiger partial charge is 0.481 e. The van der Waals surface area contributed by atoms with Gasteiger partial charge in [0.25, 0.3) is 0 Å². The van der Waals surface area contributed by atoms with E-state index in [9.17, 15) is 13.2 Å². The number of ether oxygens (including phenoxy) is 1. The molecule has 0 aromatic heterocycles. The molecule has 21 heavy (non-hydrogen) atoms. The van der Waals surface area contributed by atoms with Gasteiger partial charge in [0, 0.05) is 26.2 Å². The molecule has 7 heteroatoms. The molecule has 1 unspecified atom stereocenters. The van der Waals surface area contributed by atoms with Gasteiger partial charge in [-0.3, -0.25) is 4.79 Å². The summed E-state index contributed by atoms with van der Waals surface area (Å²) in [4.78, 5) is 10.7. The third kappa shape index (κ3) is 7.22. The Morgan fingerprint density at radius 3 is 2.57 bits per heavy atom. The Labute approximate surface area is 125 Å². The van der Waals surface area contributed by atoms with E-state index in [1.165, 1.54) is 7.11 Å². The van der Waals surface area contributed by atoms with Gasteiger partial charge in [-0.05, 0) is 18.4 Å². The van der Waals surface area contributed by atoms with Crippen LogP contribution in [0, 0.1) is 0 Å². The number of carbonyl (C=O) groups is 1. The second-order valence-electron chi connectivity index (χ2n) is 4.68. The number of carboxylic acid groups (broad SMARTS) is 1. The van der Waals surface area contributed by atoms with Crippen LogP contribution in [0.3, 0.4) is 0 Å². The zero-order valence-electron chi connectivity index (χ0n) is 12.0. The van der Waals surface area contributed by atoms with Gasteiger partial charge < -0.3 is 9.84 Å². The molecule has 1 rings (SSSR count). The van der Waals surface area contributed by atoms with Crippen LogP contribution in [0.5, 0.6) is 0 Å². The van der Waals surface area contributed by atoms with Gasteiger partial charge in [0.15, 0.2) is 0 Å². The van der Waals surface area contributed by atoms with Gasteiger partial charge in [0.2, 0.25) is 10.0 Å². The zero-order chi connectivity index (χ0) is 15.7. The van der Waals surface area contributed by atoms with Crippen molar-refractivity contribution in [3.05, 3.63) is 35.9 Å². The van der Waals surface area contributed by atoms with Crippen LogP contribution in [0.15, 0.2) is 30.3 Å². The van der Waals surface area contributed by atoms with Crippen molar-refractivity contribution in [2.75, 3.05) is 19.5 Å². The van der Waals surface area contributed by atoms with Gasteiger partial charge in [-0.2, -0.15) is 0 Å². The highest BCUT2D eigenvalue weighted by molar-refractivity contribution is 7.89. The highest BCUT2D eigenvalue weighted by Crippen LogP contribution is 2.19. The normalized spacial score (nSPS) is 13.0. The average molecular weight is 315 g/mol. The Kier molecular flexibility index (Phi) is 7.35. The van der Waals surface area contributed by atoms with E-state index in [1.54, 1.807) is 24.3 Å². The van der Waals surface area contributed by atoms with Crippen LogP contribution < -0.4 is 4.72 Å². The molecule has 1 atom stereocenters. The van der Waals surface area contributed by atoms with Crippen LogP contribution in [0.2, 0.25) is 0 Å². The van der Waals surface area contributed by atoms with E-state index < -0.39 is 22.0 Å². The molecule has 0 saturated carbocycles. The van der Waals surface area contributed by atoms with Crippen LogP contribution in [-0.2, 0) is 19.6 Å². The number of benzene rings is 1. The van der Waals surface area contributed by atoms with E-state index in [2.05, 4.69) is 4.72 Å². The lowest BCUT2D eigenvalue weighted by atomic mass is 10.0. The molecule has 1 aromatic carbocycles. The highest BCUT2D eigenvalue weighted by Gasteiger charge is 2.20. The first-order valence-electron chi connectivity index (χ1n) is 6.70.